The molecular weight excluding hydrogens is 393 g/mol. The maximum absolute atomic E-state index is 12.1. The highest BCUT2D eigenvalue weighted by molar-refractivity contribution is 6.32. The van der Waals surface area contributed by atoms with Crippen molar-refractivity contribution in [1.29, 1.82) is 0 Å². The van der Waals surface area contributed by atoms with Crippen molar-refractivity contribution in [1.82, 2.24) is 0 Å². The van der Waals surface area contributed by atoms with Gasteiger partial charge in [-0.25, -0.2) is 9.79 Å². The van der Waals surface area contributed by atoms with Crippen molar-refractivity contribution in [3.05, 3.63) is 63.3 Å². The average molecular weight is 406 g/mol. The SMILES string of the molecule is COc1cc(C=C2N=C(c3cccc(Cl)c3)OC2=O)cc(Cl)c1OC(C)=O. The standard InChI is InChI=1S/C19H13Cl2NO5/c1-10(23)26-17-14(21)6-11(8-16(17)25-2)7-15-19(24)27-18(22-15)12-4-3-5-13(20)9-12/h3-9H,1-2H3. The molecule has 1 aliphatic rings. The first kappa shape index (κ1) is 18.9. The predicted molar refractivity (Wildman–Crippen MR) is 101 cm³/mol. The molecular formula is C19H13Cl2NO5. The van der Waals surface area contributed by atoms with Gasteiger partial charge in [0.2, 0.25) is 5.90 Å². The summed E-state index contributed by atoms with van der Waals surface area (Å²) in [5.41, 5.74) is 1.19. The van der Waals surface area contributed by atoms with E-state index in [-0.39, 0.29) is 28.1 Å². The van der Waals surface area contributed by atoms with Gasteiger partial charge in [0.1, 0.15) is 0 Å². The average Bonchev–Trinajstić information content (AvgIpc) is 2.97. The molecule has 27 heavy (non-hydrogen) atoms. The van der Waals surface area contributed by atoms with Crippen LogP contribution in [0.1, 0.15) is 18.1 Å². The molecule has 0 unspecified atom stereocenters. The van der Waals surface area contributed by atoms with Gasteiger partial charge in [0, 0.05) is 17.5 Å². The minimum Gasteiger partial charge on any atom is -0.493 e. The summed E-state index contributed by atoms with van der Waals surface area (Å²) in [4.78, 5) is 27.5. The van der Waals surface area contributed by atoms with Crippen LogP contribution >= 0.6 is 23.2 Å². The van der Waals surface area contributed by atoms with Gasteiger partial charge in [0.05, 0.1) is 12.1 Å². The number of nitrogens with zero attached hydrogens (tertiary/aromatic N) is 1. The van der Waals surface area contributed by atoms with Crippen LogP contribution in [0.4, 0.5) is 0 Å². The number of hydrogen-bond donors (Lipinski definition) is 0. The second-order valence-corrected chi connectivity index (χ2v) is 6.32. The molecule has 6 nitrogen and oxygen atoms in total. The highest BCUT2D eigenvalue weighted by Crippen LogP contribution is 2.37. The lowest BCUT2D eigenvalue weighted by Gasteiger charge is -2.10. The summed E-state index contributed by atoms with van der Waals surface area (Å²) >= 11 is 12.1. The molecule has 2 aromatic carbocycles. The Bertz CT molecular complexity index is 998. The van der Waals surface area contributed by atoms with Crippen LogP contribution in [0.3, 0.4) is 0 Å². The normalized spacial score (nSPS) is 14.7. The smallest absolute Gasteiger partial charge is 0.363 e. The molecule has 0 atom stereocenters. The molecule has 0 N–H and O–H groups in total. The molecule has 0 aromatic heterocycles. The van der Waals surface area contributed by atoms with E-state index in [0.29, 0.717) is 16.1 Å². The monoisotopic (exact) mass is 405 g/mol. The summed E-state index contributed by atoms with van der Waals surface area (Å²) in [7, 11) is 1.41. The second kappa shape index (κ2) is 7.82. The summed E-state index contributed by atoms with van der Waals surface area (Å²) in [6.45, 7) is 1.26. The van der Waals surface area contributed by atoms with Gasteiger partial charge >= 0.3 is 11.9 Å². The van der Waals surface area contributed by atoms with Crippen LogP contribution in [-0.2, 0) is 14.3 Å². The fourth-order valence-electron chi connectivity index (χ4n) is 2.38. The van der Waals surface area contributed by atoms with E-state index in [4.69, 9.17) is 37.4 Å². The van der Waals surface area contributed by atoms with Crippen LogP contribution in [0, 0.1) is 0 Å². The Morgan fingerprint density at radius 3 is 2.67 bits per heavy atom. The van der Waals surface area contributed by atoms with E-state index in [9.17, 15) is 9.59 Å². The molecule has 0 bridgehead atoms. The van der Waals surface area contributed by atoms with Crippen molar-refractivity contribution in [2.45, 2.75) is 6.92 Å². The van der Waals surface area contributed by atoms with E-state index in [2.05, 4.69) is 4.99 Å². The van der Waals surface area contributed by atoms with Crippen molar-refractivity contribution < 1.29 is 23.8 Å². The molecule has 0 amide bonds. The van der Waals surface area contributed by atoms with E-state index in [1.54, 1.807) is 30.3 Å². The van der Waals surface area contributed by atoms with Crippen molar-refractivity contribution >= 4 is 47.1 Å². The minimum atomic E-state index is -0.607. The van der Waals surface area contributed by atoms with Gasteiger partial charge in [-0.1, -0.05) is 29.3 Å². The lowest BCUT2D eigenvalue weighted by atomic mass is 10.1. The molecule has 0 fully saturated rings. The topological polar surface area (TPSA) is 74.2 Å². The zero-order valence-electron chi connectivity index (χ0n) is 14.3. The van der Waals surface area contributed by atoms with Crippen LogP contribution in [0.2, 0.25) is 10.0 Å². The Balaban J connectivity index is 1.97. The third-order valence-corrected chi connectivity index (χ3v) is 4.01. The van der Waals surface area contributed by atoms with E-state index in [0.717, 1.165) is 0 Å². The first-order valence-corrected chi connectivity index (χ1v) is 8.47. The van der Waals surface area contributed by atoms with Crippen molar-refractivity contribution in [2.75, 3.05) is 7.11 Å². The first-order valence-electron chi connectivity index (χ1n) is 7.72. The maximum atomic E-state index is 12.1. The number of ether oxygens (including phenoxy) is 3. The van der Waals surface area contributed by atoms with Crippen molar-refractivity contribution in [3.8, 4) is 11.5 Å². The predicted octanol–water partition coefficient (Wildman–Crippen LogP) is 4.27. The lowest BCUT2D eigenvalue weighted by Crippen LogP contribution is -2.05. The fraction of sp³-hybridized carbons (Fsp3) is 0.105. The van der Waals surface area contributed by atoms with Gasteiger partial charge in [0.15, 0.2) is 17.2 Å². The van der Waals surface area contributed by atoms with E-state index in [1.807, 2.05) is 0 Å². The lowest BCUT2D eigenvalue weighted by molar-refractivity contribution is -0.132. The first-order chi connectivity index (χ1) is 12.9. The number of hydrogen-bond acceptors (Lipinski definition) is 6. The minimum absolute atomic E-state index is 0.0864. The molecule has 2 aromatic rings. The molecule has 138 valence electrons. The van der Waals surface area contributed by atoms with Crippen LogP contribution in [-0.4, -0.2) is 24.9 Å². The van der Waals surface area contributed by atoms with Gasteiger partial charge in [0.25, 0.3) is 0 Å². The van der Waals surface area contributed by atoms with Crippen LogP contribution in [0.15, 0.2) is 47.1 Å². The molecule has 8 heteroatoms. The molecule has 3 rings (SSSR count). The van der Waals surface area contributed by atoms with Crippen molar-refractivity contribution in [2.24, 2.45) is 4.99 Å². The largest absolute Gasteiger partial charge is 0.493 e. The Morgan fingerprint density at radius 1 is 1.22 bits per heavy atom. The molecule has 1 aliphatic heterocycles. The van der Waals surface area contributed by atoms with Crippen molar-refractivity contribution in [3.63, 3.8) is 0 Å². The summed E-state index contributed by atoms with van der Waals surface area (Å²) in [6, 6.07) is 9.90. The number of rotatable bonds is 4. The summed E-state index contributed by atoms with van der Waals surface area (Å²) < 4.78 is 15.5. The highest BCUT2D eigenvalue weighted by Gasteiger charge is 2.24. The van der Waals surface area contributed by atoms with Crippen LogP contribution in [0.25, 0.3) is 6.08 Å². The number of halogens is 2. The van der Waals surface area contributed by atoms with Gasteiger partial charge in [-0.3, -0.25) is 4.79 Å². The summed E-state index contributed by atoms with van der Waals surface area (Å²) in [5, 5.41) is 0.656. The number of carbonyl (C=O) groups excluding carboxylic acids is 2. The Kier molecular flexibility index (Phi) is 5.48. The Hall–Kier alpha value is -2.83. The molecule has 0 spiro atoms. The molecule has 0 radical (unpaired) electrons. The van der Waals surface area contributed by atoms with Gasteiger partial charge < -0.3 is 14.2 Å². The molecule has 0 aliphatic carbocycles. The van der Waals surface area contributed by atoms with E-state index in [1.165, 1.54) is 26.2 Å². The van der Waals surface area contributed by atoms with Gasteiger partial charge in [-0.05, 0) is 42.0 Å². The van der Waals surface area contributed by atoms with E-state index >= 15 is 0 Å². The van der Waals surface area contributed by atoms with Gasteiger partial charge in [-0.15, -0.1) is 0 Å². The number of carbonyl (C=O) groups is 2. The Labute approximate surface area is 165 Å². The number of methoxy groups -OCH3 is 1. The van der Waals surface area contributed by atoms with Crippen LogP contribution in [0.5, 0.6) is 11.5 Å². The zero-order valence-corrected chi connectivity index (χ0v) is 15.8. The number of benzene rings is 2. The second-order valence-electron chi connectivity index (χ2n) is 5.47. The van der Waals surface area contributed by atoms with Gasteiger partial charge in [-0.2, -0.15) is 0 Å². The number of cyclic esters (lactones) is 1. The maximum Gasteiger partial charge on any atom is 0.363 e. The third-order valence-electron chi connectivity index (χ3n) is 3.49. The summed E-state index contributed by atoms with van der Waals surface area (Å²) in [6.07, 6.45) is 1.49. The molecule has 0 saturated heterocycles. The number of esters is 2. The molecule has 0 saturated carbocycles. The highest BCUT2D eigenvalue weighted by atomic mass is 35.5. The molecule has 1 heterocycles. The zero-order chi connectivity index (χ0) is 19.6. The fourth-order valence-corrected chi connectivity index (χ4v) is 2.83. The third kappa shape index (κ3) is 4.30. The Morgan fingerprint density at radius 2 is 2.00 bits per heavy atom. The number of aliphatic imine (C=N–C) groups is 1. The summed E-state index contributed by atoms with van der Waals surface area (Å²) in [5.74, 6) is -0.634. The van der Waals surface area contributed by atoms with Crippen LogP contribution < -0.4 is 9.47 Å². The van der Waals surface area contributed by atoms with E-state index < -0.39 is 11.9 Å². The quantitative estimate of drug-likeness (QED) is 0.431.